The van der Waals surface area contributed by atoms with Gasteiger partial charge in [-0.25, -0.2) is 0 Å². The Kier molecular flexibility index (Phi) is 5.39. The molecule has 1 saturated heterocycles. The average Bonchev–Trinajstić information content (AvgIpc) is 2.62. The summed E-state index contributed by atoms with van der Waals surface area (Å²) >= 11 is 0. The second-order valence-electron chi connectivity index (χ2n) is 6.74. The number of hydrogen-bond acceptors (Lipinski definition) is 3. The molecular weight excluding hydrogens is 310 g/mol. The van der Waals surface area contributed by atoms with Crippen molar-refractivity contribution in [1.29, 1.82) is 0 Å². The van der Waals surface area contributed by atoms with Gasteiger partial charge in [-0.1, -0.05) is 24.6 Å². The lowest BCUT2D eigenvalue weighted by Gasteiger charge is -2.35. The van der Waals surface area contributed by atoms with Gasteiger partial charge in [0, 0.05) is 43.1 Å². The van der Waals surface area contributed by atoms with Crippen molar-refractivity contribution in [2.75, 3.05) is 42.9 Å². The number of nitrogens with one attached hydrogen (secondary N) is 1. The van der Waals surface area contributed by atoms with Crippen molar-refractivity contribution < 1.29 is 4.79 Å². The number of amides is 1. The first-order valence-corrected chi connectivity index (χ1v) is 9.03. The molecule has 1 aliphatic heterocycles. The molecule has 0 unspecified atom stereocenters. The van der Waals surface area contributed by atoms with Gasteiger partial charge in [-0.05, 0) is 56.3 Å². The molecule has 0 spiro atoms. The van der Waals surface area contributed by atoms with Crippen LogP contribution in [-0.4, -0.2) is 43.5 Å². The van der Waals surface area contributed by atoms with Crippen LogP contribution < -0.4 is 10.2 Å². The van der Waals surface area contributed by atoms with Crippen molar-refractivity contribution in [1.82, 2.24) is 4.90 Å². The van der Waals surface area contributed by atoms with Crippen molar-refractivity contribution >= 4 is 17.3 Å². The molecule has 2 aromatic carbocycles. The van der Waals surface area contributed by atoms with E-state index in [4.69, 9.17) is 0 Å². The Labute approximate surface area is 150 Å². The number of benzene rings is 2. The third-order valence-electron chi connectivity index (χ3n) is 4.94. The van der Waals surface area contributed by atoms with Crippen LogP contribution >= 0.6 is 0 Å². The van der Waals surface area contributed by atoms with E-state index in [0.29, 0.717) is 0 Å². The van der Waals surface area contributed by atoms with Crippen molar-refractivity contribution in [3.63, 3.8) is 0 Å². The van der Waals surface area contributed by atoms with Crippen LogP contribution in [0.25, 0.3) is 0 Å². The van der Waals surface area contributed by atoms with Gasteiger partial charge in [0.25, 0.3) is 5.91 Å². The molecule has 0 bridgehead atoms. The lowest BCUT2D eigenvalue weighted by atomic mass is 10.1. The molecular formula is C21H27N3O. The van der Waals surface area contributed by atoms with Crippen LogP contribution in [-0.2, 0) is 0 Å². The molecule has 4 nitrogen and oxygen atoms in total. The fraction of sp³-hybridized carbons (Fsp3) is 0.381. The van der Waals surface area contributed by atoms with Gasteiger partial charge < -0.3 is 15.1 Å². The van der Waals surface area contributed by atoms with E-state index in [1.807, 2.05) is 44.2 Å². The van der Waals surface area contributed by atoms with Crippen molar-refractivity contribution in [3.8, 4) is 0 Å². The van der Waals surface area contributed by atoms with E-state index in [2.05, 4.69) is 34.2 Å². The van der Waals surface area contributed by atoms with E-state index in [0.717, 1.165) is 49.5 Å². The molecule has 2 aromatic rings. The quantitative estimate of drug-likeness (QED) is 0.924. The highest BCUT2D eigenvalue weighted by atomic mass is 16.1. The molecule has 0 atom stereocenters. The Morgan fingerprint density at radius 1 is 1.00 bits per heavy atom. The maximum Gasteiger partial charge on any atom is 0.255 e. The minimum absolute atomic E-state index is 0.0539. The number of likely N-dealkylation sites (N-methyl/N-ethyl adjacent to an activating group) is 1. The maximum atomic E-state index is 12.5. The fourth-order valence-corrected chi connectivity index (χ4v) is 3.34. The summed E-state index contributed by atoms with van der Waals surface area (Å²) in [4.78, 5) is 17.3. The average molecular weight is 337 g/mol. The van der Waals surface area contributed by atoms with Gasteiger partial charge >= 0.3 is 0 Å². The van der Waals surface area contributed by atoms with E-state index in [1.165, 1.54) is 11.3 Å². The highest BCUT2D eigenvalue weighted by Crippen LogP contribution is 2.20. The van der Waals surface area contributed by atoms with Crippen molar-refractivity contribution in [2.45, 2.75) is 20.8 Å². The standard InChI is InChI=1S/C21H27N3O/c1-4-23-11-13-24(14-12-23)19-8-6-18(7-9-19)22-21(25)20-10-5-16(2)15-17(20)3/h5-10,15H,4,11-14H2,1-3H3,(H,22,25). The first kappa shape index (κ1) is 17.5. The molecule has 4 heteroatoms. The largest absolute Gasteiger partial charge is 0.369 e. The summed E-state index contributed by atoms with van der Waals surface area (Å²) in [5.74, 6) is -0.0539. The number of carbonyl (C=O) groups is 1. The summed E-state index contributed by atoms with van der Waals surface area (Å²) in [5, 5.41) is 3.00. The van der Waals surface area contributed by atoms with Gasteiger partial charge in [0.15, 0.2) is 0 Å². The lowest BCUT2D eigenvalue weighted by Crippen LogP contribution is -2.46. The number of carbonyl (C=O) groups excluding carboxylic acids is 1. The minimum Gasteiger partial charge on any atom is -0.369 e. The number of hydrogen-bond donors (Lipinski definition) is 1. The molecule has 1 N–H and O–H groups in total. The maximum absolute atomic E-state index is 12.5. The van der Waals surface area contributed by atoms with Gasteiger partial charge in [0.1, 0.15) is 0 Å². The summed E-state index contributed by atoms with van der Waals surface area (Å²) in [6, 6.07) is 14.1. The third kappa shape index (κ3) is 4.20. The first-order chi connectivity index (χ1) is 12.1. The Morgan fingerprint density at radius 2 is 1.68 bits per heavy atom. The third-order valence-corrected chi connectivity index (χ3v) is 4.94. The molecule has 0 saturated carbocycles. The number of piperazine rings is 1. The van der Waals surface area contributed by atoms with Gasteiger partial charge in [0.05, 0.1) is 0 Å². The number of aryl methyl sites for hydroxylation is 2. The molecule has 132 valence electrons. The number of nitrogens with zero attached hydrogens (tertiary/aromatic N) is 2. The second kappa shape index (κ2) is 7.70. The van der Waals surface area contributed by atoms with Crippen LogP contribution in [0.2, 0.25) is 0 Å². The molecule has 0 radical (unpaired) electrons. The summed E-state index contributed by atoms with van der Waals surface area (Å²) in [6.45, 7) is 11.7. The predicted molar refractivity (Wildman–Crippen MR) is 105 cm³/mol. The molecule has 3 rings (SSSR count). The monoisotopic (exact) mass is 337 g/mol. The van der Waals surface area contributed by atoms with Gasteiger partial charge in [0.2, 0.25) is 0 Å². The Hall–Kier alpha value is -2.33. The molecule has 0 aliphatic carbocycles. The van der Waals surface area contributed by atoms with Crippen molar-refractivity contribution in [2.24, 2.45) is 0 Å². The zero-order chi connectivity index (χ0) is 17.8. The van der Waals surface area contributed by atoms with E-state index >= 15 is 0 Å². The SMILES string of the molecule is CCN1CCN(c2ccc(NC(=O)c3ccc(C)cc3C)cc2)CC1. The first-order valence-electron chi connectivity index (χ1n) is 9.03. The van der Waals surface area contributed by atoms with E-state index in [-0.39, 0.29) is 5.91 Å². The number of rotatable bonds is 4. The zero-order valence-electron chi connectivity index (χ0n) is 15.4. The molecule has 0 aromatic heterocycles. The highest BCUT2D eigenvalue weighted by Gasteiger charge is 2.16. The van der Waals surface area contributed by atoms with Crippen LogP contribution in [0.5, 0.6) is 0 Å². The van der Waals surface area contributed by atoms with E-state index in [1.54, 1.807) is 0 Å². The normalized spacial score (nSPS) is 15.2. The molecule has 1 aliphatic rings. The predicted octanol–water partition coefficient (Wildman–Crippen LogP) is 3.70. The van der Waals surface area contributed by atoms with Gasteiger partial charge in [-0.2, -0.15) is 0 Å². The number of anilines is 2. The second-order valence-corrected chi connectivity index (χ2v) is 6.74. The van der Waals surface area contributed by atoms with Gasteiger partial charge in [-0.3, -0.25) is 4.79 Å². The summed E-state index contributed by atoms with van der Waals surface area (Å²) in [7, 11) is 0. The molecule has 25 heavy (non-hydrogen) atoms. The summed E-state index contributed by atoms with van der Waals surface area (Å²) in [5.41, 5.74) is 4.95. The summed E-state index contributed by atoms with van der Waals surface area (Å²) < 4.78 is 0. The van der Waals surface area contributed by atoms with Crippen LogP contribution in [0.3, 0.4) is 0 Å². The lowest BCUT2D eigenvalue weighted by molar-refractivity contribution is 0.102. The molecule has 1 fully saturated rings. The fourth-order valence-electron chi connectivity index (χ4n) is 3.34. The van der Waals surface area contributed by atoms with Crippen LogP contribution in [0.1, 0.15) is 28.4 Å². The summed E-state index contributed by atoms with van der Waals surface area (Å²) in [6.07, 6.45) is 0. The van der Waals surface area contributed by atoms with E-state index < -0.39 is 0 Å². The van der Waals surface area contributed by atoms with E-state index in [9.17, 15) is 4.79 Å². The Balaban J connectivity index is 1.63. The highest BCUT2D eigenvalue weighted by molar-refractivity contribution is 6.05. The van der Waals surface area contributed by atoms with Crippen LogP contribution in [0.4, 0.5) is 11.4 Å². The topological polar surface area (TPSA) is 35.6 Å². The molecule has 1 heterocycles. The smallest absolute Gasteiger partial charge is 0.255 e. The van der Waals surface area contributed by atoms with Crippen molar-refractivity contribution in [3.05, 3.63) is 59.2 Å². The Bertz CT molecular complexity index is 731. The molecule has 1 amide bonds. The Morgan fingerprint density at radius 3 is 2.28 bits per heavy atom. The zero-order valence-corrected chi connectivity index (χ0v) is 15.4. The van der Waals surface area contributed by atoms with Crippen LogP contribution in [0.15, 0.2) is 42.5 Å². The minimum atomic E-state index is -0.0539. The van der Waals surface area contributed by atoms with Gasteiger partial charge in [-0.15, -0.1) is 0 Å². The van der Waals surface area contributed by atoms with Crippen LogP contribution in [0, 0.1) is 13.8 Å².